The first-order valence-corrected chi connectivity index (χ1v) is 13.9. The third kappa shape index (κ3) is 4.17. The van der Waals surface area contributed by atoms with Crippen molar-refractivity contribution in [2.24, 2.45) is 0 Å². The van der Waals surface area contributed by atoms with Gasteiger partial charge in [-0.3, -0.25) is 0 Å². The van der Waals surface area contributed by atoms with Gasteiger partial charge in [0.2, 0.25) is 0 Å². The number of pyridine rings is 1. The van der Waals surface area contributed by atoms with E-state index in [0.29, 0.717) is 0 Å². The average molecular weight is 608 g/mol. The van der Waals surface area contributed by atoms with Crippen LogP contribution in [0.5, 0.6) is 0 Å². The van der Waals surface area contributed by atoms with Crippen LogP contribution in [0.3, 0.4) is 0 Å². The van der Waals surface area contributed by atoms with Gasteiger partial charge >= 0.3 is 28.2 Å². The van der Waals surface area contributed by atoms with Crippen molar-refractivity contribution in [3.63, 3.8) is 0 Å². The number of hydrogen-bond donors (Lipinski definition) is 0. The quantitative estimate of drug-likeness (QED) is 0.145. The normalized spacial score (nSPS) is 10.8. The van der Waals surface area contributed by atoms with E-state index in [-0.39, 0.29) is 0 Å². The van der Waals surface area contributed by atoms with Crippen LogP contribution in [-0.2, 0) is 18.8 Å². The van der Waals surface area contributed by atoms with Crippen molar-refractivity contribution in [1.82, 2.24) is 4.98 Å². The predicted octanol–water partition coefficient (Wildman–Crippen LogP) is 5.75. The monoisotopic (exact) mass is 607 g/mol. The molecule has 0 amide bonds. The Labute approximate surface area is 193 Å². The van der Waals surface area contributed by atoms with Crippen LogP contribution in [0.4, 0.5) is 0 Å². The van der Waals surface area contributed by atoms with E-state index in [0.717, 1.165) is 22.0 Å². The van der Waals surface area contributed by atoms with Gasteiger partial charge in [0.25, 0.3) is 0 Å². The molecular weight excluding hydrogens is 588 g/mol. The molecule has 0 spiro atoms. The van der Waals surface area contributed by atoms with Gasteiger partial charge in [-0.1, -0.05) is 66.0 Å². The van der Waals surface area contributed by atoms with Crippen LogP contribution < -0.4 is 15.9 Å². The van der Waals surface area contributed by atoms with E-state index in [1.807, 2.05) is 12.1 Å². The van der Waals surface area contributed by atoms with Crippen molar-refractivity contribution in [2.75, 3.05) is 0 Å². The number of halogens is 1. The van der Waals surface area contributed by atoms with Crippen molar-refractivity contribution >= 4 is 55.1 Å². The van der Waals surface area contributed by atoms with E-state index in [4.69, 9.17) is 4.98 Å². The van der Waals surface area contributed by atoms with Crippen LogP contribution in [-0.4, -0.2) is 4.98 Å². The first-order chi connectivity index (χ1) is 14.8. The van der Waals surface area contributed by atoms with Crippen molar-refractivity contribution in [3.05, 3.63) is 116 Å². The molecule has 0 N–H and O–H groups in total. The molecule has 0 radical (unpaired) electrons. The van der Waals surface area contributed by atoms with Gasteiger partial charge in [0, 0.05) is 5.39 Å². The predicted molar refractivity (Wildman–Crippen MR) is 130 cm³/mol. The van der Waals surface area contributed by atoms with Crippen LogP contribution in [0, 0.1) is 6.92 Å². The fraction of sp³-hybridized carbons (Fsp3) is 0. The van der Waals surface area contributed by atoms with Crippen LogP contribution in [0.25, 0.3) is 21.8 Å². The fourth-order valence-electron chi connectivity index (χ4n) is 3.84. The van der Waals surface area contributed by atoms with Gasteiger partial charge in [-0.25, -0.2) is 0 Å². The summed E-state index contributed by atoms with van der Waals surface area (Å²) >= 11 is 1.61. The number of fused-ring (bicyclic) bond motifs is 2. The van der Waals surface area contributed by atoms with Crippen LogP contribution >= 0.6 is 17.3 Å². The molecule has 0 atom stereocenters. The Morgan fingerprint density at radius 3 is 1.77 bits per heavy atom. The topological polar surface area (TPSA) is 12.9 Å². The third-order valence-electron chi connectivity index (χ3n) is 5.15. The molecule has 0 saturated carbocycles. The van der Waals surface area contributed by atoms with Crippen LogP contribution in [0.2, 0.25) is 0 Å². The second-order valence-corrected chi connectivity index (χ2v) is 9.40. The fourth-order valence-corrected chi connectivity index (χ4v) is 6.54. The molecular formula is C26H20ClNPPt+. The molecule has 0 aliphatic rings. The first-order valence-electron chi connectivity index (χ1n) is 9.56. The van der Waals surface area contributed by atoms with Crippen LogP contribution in [0.15, 0.2) is 103 Å². The molecule has 0 bridgehead atoms. The van der Waals surface area contributed by atoms with E-state index in [1.165, 1.54) is 21.3 Å². The maximum atomic E-state index is 5.11. The van der Waals surface area contributed by atoms with E-state index < -0.39 is 7.92 Å². The molecule has 0 fully saturated rings. The zero-order chi connectivity index (χ0) is 20.9. The standard InChI is InChI=1S/C26H19NP.ClH.Pt/c1-19-10-8-11-20-18-21-12-9-17-24(26(21)27-25(19)20)28(22-13-4-2-5-14-22)23-15-6-3-7-16-23;;/h2-18H,1H2;1H;/q-1;;+2. The molecule has 5 aromatic rings. The second kappa shape index (κ2) is 9.76. The number of para-hydroxylation sites is 2. The minimum absolute atomic E-state index is 0.974. The molecule has 1 aromatic heterocycles. The van der Waals surface area contributed by atoms with Gasteiger partial charge in [0.15, 0.2) is 0 Å². The van der Waals surface area contributed by atoms with Gasteiger partial charge in [0.05, 0.1) is 5.52 Å². The Morgan fingerprint density at radius 1 is 0.633 bits per heavy atom. The summed E-state index contributed by atoms with van der Waals surface area (Å²) in [5, 5.41) is 6.40. The molecule has 30 heavy (non-hydrogen) atoms. The Balaban J connectivity index is 0.00000106. The van der Waals surface area contributed by atoms with E-state index in [9.17, 15) is 0 Å². The zero-order valence-electron chi connectivity index (χ0n) is 16.2. The average Bonchev–Trinajstić information content (AvgIpc) is 2.81. The number of rotatable bonds is 3. The molecule has 5 rings (SSSR count). The number of aromatic nitrogens is 1. The number of hydrogen-bond acceptors (Lipinski definition) is 1. The van der Waals surface area contributed by atoms with Gasteiger partial charge in [-0.2, -0.15) is 18.6 Å². The molecule has 0 unspecified atom stereocenters. The molecule has 4 aromatic carbocycles. The van der Waals surface area contributed by atoms with E-state index in [1.54, 1.807) is 18.8 Å². The molecule has 1 nitrogen and oxygen atoms in total. The van der Waals surface area contributed by atoms with Crippen molar-refractivity contribution < 1.29 is 18.8 Å². The maximum absolute atomic E-state index is 5.11. The molecule has 1 heterocycles. The molecule has 0 saturated heterocycles. The van der Waals surface area contributed by atoms with Crippen LogP contribution in [0.1, 0.15) is 5.56 Å². The van der Waals surface area contributed by atoms with E-state index >= 15 is 0 Å². The zero-order valence-corrected chi connectivity index (χ0v) is 20.2. The summed E-state index contributed by atoms with van der Waals surface area (Å²) in [4.78, 5) is 5.11. The summed E-state index contributed by atoms with van der Waals surface area (Å²) in [6.07, 6.45) is 0. The summed E-state index contributed by atoms with van der Waals surface area (Å²) < 4.78 is 0. The summed E-state index contributed by atoms with van der Waals surface area (Å²) in [5.74, 6) is 0. The minimum atomic E-state index is -1.17. The van der Waals surface area contributed by atoms with Gasteiger partial charge in [0.1, 0.15) is 23.8 Å². The summed E-state index contributed by atoms with van der Waals surface area (Å²) in [6, 6.07) is 36.7. The van der Waals surface area contributed by atoms with E-state index in [2.05, 4.69) is 107 Å². The third-order valence-corrected chi connectivity index (χ3v) is 7.91. The van der Waals surface area contributed by atoms with Crippen molar-refractivity contribution in [2.45, 2.75) is 0 Å². The van der Waals surface area contributed by atoms with Crippen molar-refractivity contribution in [1.29, 1.82) is 0 Å². The SMILES string of the molecule is [CH2-]c1cccc2cc3cccc([PH+](c4ccccc4)c4ccccc4)c3nc12.[Cl][Pt+]. The first kappa shape index (κ1) is 21.1. The molecule has 4 heteroatoms. The molecule has 150 valence electrons. The Hall–Kier alpha value is -2.17. The Kier molecular flexibility index (Phi) is 6.85. The second-order valence-electron chi connectivity index (χ2n) is 6.96. The summed E-state index contributed by atoms with van der Waals surface area (Å²) in [7, 11) is 3.45. The summed E-state index contributed by atoms with van der Waals surface area (Å²) in [6.45, 7) is 4.19. The Morgan fingerprint density at radius 2 is 1.17 bits per heavy atom. The Bertz CT molecular complexity index is 1240. The van der Waals surface area contributed by atoms with Gasteiger partial charge in [-0.05, 0) is 35.8 Å². The number of nitrogens with zero attached hydrogens (tertiary/aromatic N) is 1. The van der Waals surface area contributed by atoms with Gasteiger partial charge < -0.3 is 4.98 Å². The molecule has 0 aliphatic heterocycles. The van der Waals surface area contributed by atoms with Crippen molar-refractivity contribution in [3.8, 4) is 0 Å². The number of benzene rings is 4. The molecule has 0 aliphatic carbocycles. The summed E-state index contributed by atoms with van der Waals surface area (Å²) in [5.41, 5.74) is 3.06. The van der Waals surface area contributed by atoms with Gasteiger partial charge in [-0.15, -0.1) is 6.07 Å².